The quantitative estimate of drug-likeness (QED) is 0.798. The zero-order valence-corrected chi connectivity index (χ0v) is 9.36. The van der Waals surface area contributed by atoms with Gasteiger partial charge in [0.05, 0.1) is 5.54 Å². The van der Waals surface area contributed by atoms with Gasteiger partial charge in [0.25, 0.3) is 0 Å². The van der Waals surface area contributed by atoms with Gasteiger partial charge >= 0.3 is 0 Å². The molecule has 82 valence electrons. The average molecular weight is 206 g/mol. The van der Waals surface area contributed by atoms with Crippen molar-refractivity contribution in [1.82, 2.24) is 4.98 Å². The Morgan fingerprint density at radius 2 is 2.13 bits per heavy atom. The van der Waals surface area contributed by atoms with E-state index >= 15 is 0 Å². The van der Waals surface area contributed by atoms with E-state index < -0.39 is 5.54 Å². The molecule has 1 rings (SSSR count). The van der Waals surface area contributed by atoms with E-state index in [1.54, 1.807) is 12.4 Å². The molecule has 0 amide bonds. The number of aromatic nitrogens is 1. The summed E-state index contributed by atoms with van der Waals surface area (Å²) in [5.74, 6) is 0.0977. The molecule has 1 aromatic heterocycles. The Morgan fingerprint density at radius 3 is 2.60 bits per heavy atom. The molecule has 0 atom stereocenters. The number of pyridine rings is 1. The predicted molar refractivity (Wildman–Crippen MR) is 60.4 cm³/mol. The maximum absolute atomic E-state index is 11.9. The number of Topliss-reactive ketones (excluding diaryl/α,β-unsaturated/α-hetero) is 1. The second kappa shape index (κ2) is 5.03. The van der Waals surface area contributed by atoms with Crippen LogP contribution in [0.1, 0.15) is 32.3 Å². The van der Waals surface area contributed by atoms with Crippen LogP contribution >= 0.6 is 0 Å². The molecule has 1 heterocycles. The minimum absolute atomic E-state index is 0.0977. The first kappa shape index (κ1) is 11.9. The summed E-state index contributed by atoms with van der Waals surface area (Å²) in [6, 6.07) is 3.73. The Bertz CT molecular complexity index is 318. The van der Waals surface area contributed by atoms with Gasteiger partial charge < -0.3 is 5.73 Å². The molecule has 0 spiro atoms. The van der Waals surface area contributed by atoms with Crippen LogP contribution in [-0.4, -0.2) is 16.3 Å². The van der Waals surface area contributed by atoms with Crippen LogP contribution in [0.4, 0.5) is 0 Å². The van der Waals surface area contributed by atoms with Gasteiger partial charge in [0.1, 0.15) is 0 Å². The molecule has 0 fully saturated rings. The van der Waals surface area contributed by atoms with Crippen LogP contribution < -0.4 is 5.73 Å². The molecule has 3 nitrogen and oxygen atoms in total. The van der Waals surface area contributed by atoms with E-state index in [2.05, 4.69) is 4.98 Å². The Hall–Kier alpha value is -1.22. The number of hydrogen-bond donors (Lipinski definition) is 1. The lowest BCUT2D eigenvalue weighted by Crippen LogP contribution is -2.47. The first-order valence-corrected chi connectivity index (χ1v) is 5.33. The van der Waals surface area contributed by atoms with Gasteiger partial charge in [0.2, 0.25) is 0 Å². The summed E-state index contributed by atoms with van der Waals surface area (Å²) in [5, 5.41) is 0. The van der Waals surface area contributed by atoms with Crippen molar-refractivity contribution in [3.63, 3.8) is 0 Å². The van der Waals surface area contributed by atoms with Gasteiger partial charge in [0.15, 0.2) is 5.78 Å². The van der Waals surface area contributed by atoms with Crippen molar-refractivity contribution in [2.24, 2.45) is 5.73 Å². The summed E-state index contributed by atoms with van der Waals surface area (Å²) in [7, 11) is 0. The van der Waals surface area contributed by atoms with E-state index in [0.717, 1.165) is 5.56 Å². The summed E-state index contributed by atoms with van der Waals surface area (Å²) in [6.45, 7) is 3.90. The lowest BCUT2D eigenvalue weighted by molar-refractivity contribution is -0.123. The molecule has 0 aliphatic carbocycles. The van der Waals surface area contributed by atoms with Crippen molar-refractivity contribution < 1.29 is 4.79 Å². The molecule has 0 aromatic carbocycles. The number of carbonyl (C=O) groups is 1. The topological polar surface area (TPSA) is 56.0 Å². The highest BCUT2D eigenvalue weighted by molar-refractivity contribution is 5.89. The molecular formula is C12H18N2O. The lowest BCUT2D eigenvalue weighted by atomic mass is 9.86. The number of hydrogen-bond acceptors (Lipinski definition) is 3. The van der Waals surface area contributed by atoms with Crippen LogP contribution in [0.25, 0.3) is 0 Å². The van der Waals surface area contributed by atoms with Crippen molar-refractivity contribution >= 4 is 5.78 Å². The summed E-state index contributed by atoms with van der Waals surface area (Å²) < 4.78 is 0. The van der Waals surface area contributed by atoms with Gasteiger partial charge in [-0.2, -0.15) is 0 Å². The van der Waals surface area contributed by atoms with E-state index in [1.165, 1.54) is 0 Å². The van der Waals surface area contributed by atoms with E-state index in [9.17, 15) is 4.79 Å². The Kier molecular flexibility index (Phi) is 3.97. The monoisotopic (exact) mass is 206 g/mol. The van der Waals surface area contributed by atoms with Gasteiger partial charge in [-0.15, -0.1) is 0 Å². The highest BCUT2D eigenvalue weighted by Gasteiger charge is 2.29. The fourth-order valence-corrected chi connectivity index (χ4v) is 1.51. The number of carbonyl (C=O) groups excluding carboxylic acids is 1. The summed E-state index contributed by atoms with van der Waals surface area (Å²) >= 11 is 0. The molecule has 2 N–H and O–H groups in total. The third-order valence-corrected chi connectivity index (χ3v) is 2.90. The summed E-state index contributed by atoms with van der Waals surface area (Å²) in [5.41, 5.74) is 6.28. The van der Waals surface area contributed by atoms with Gasteiger partial charge in [-0.1, -0.05) is 19.9 Å². The van der Waals surface area contributed by atoms with Gasteiger partial charge in [-0.3, -0.25) is 9.78 Å². The maximum atomic E-state index is 11.9. The predicted octanol–water partition coefficient (Wildman–Crippen LogP) is 1.71. The Morgan fingerprint density at radius 1 is 1.47 bits per heavy atom. The Balaban J connectivity index is 2.71. The number of rotatable bonds is 5. The van der Waals surface area contributed by atoms with Gasteiger partial charge in [-0.05, 0) is 24.5 Å². The molecule has 0 radical (unpaired) electrons. The van der Waals surface area contributed by atoms with Crippen LogP contribution in [0.15, 0.2) is 24.5 Å². The van der Waals surface area contributed by atoms with Crippen LogP contribution in [0.5, 0.6) is 0 Å². The molecule has 0 aliphatic rings. The molecular weight excluding hydrogens is 188 g/mol. The molecule has 0 bridgehead atoms. The van der Waals surface area contributed by atoms with Crippen molar-refractivity contribution in [3.05, 3.63) is 30.1 Å². The zero-order valence-electron chi connectivity index (χ0n) is 9.36. The SMILES string of the molecule is CCC(N)(CC)C(=O)Cc1cccnc1. The number of ketones is 1. The molecule has 0 saturated heterocycles. The van der Waals surface area contributed by atoms with Crippen molar-refractivity contribution in [1.29, 1.82) is 0 Å². The van der Waals surface area contributed by atoms with Gasteiger partial charge in [-0.25, -0.2) is 0 Å². The molecule has 1 aromatic rings. The van der Waals surface area contributed by atoms with E-state index in [0.29, 0.717) is 19.3 Å². The number of nitrogens with zero attached hydrogens (tertiary/aromatic N) is 1. The minimum Gasteiger partial charge on any atom is -0.319 e. The van der Waals surface area contributed by atoms with E-state index in [1.807, 2.05) is 26.0 Å². The zero-order chi connectivity index (χ0) is 11.3. The smallest absolute Gasteiger partial charge is 0.157 e. The van der Waals surface area contributed by atoms with Crippen LogP contribution in [0, 0.1) is 0 Å². The summed E-state index contributed by atoms with van der Waals surface area (Å²) in [4.78, 5) is 15.9. The maximum Gasteiger partial charge on any atom is 0.157 e. The standard InChI is InChI=1S/C12H18N2O/c1-3-12(13,4-2)11(15)8-10-6-5-7-14-9-10/h5-7,9H,3-4,8,13H2,1-2H3. The van der Waals surface area contributed by atoms with Crippen molar-refractivity contribution in [2.75, 3.05) is 0 Å². The molecule has 0 aliphatic heterocycles. The number of nitrogens with two attached hydrogens (primary N) is 1. The third kappa shape index (κ3) is 2.86. The normalized spacial score (nSPS) is 11.4. The van der Waals surface area contributed by atoms with Crippen LogP contribution in [0.2, 0.25) is 0 Å². The molecule has 3 heteroatoms. The average Bonchev–Trinajstić information content (AvgIpc) is 2.29. The second-order valence-electron chi connectivity index (χ2n) is 3.82. The largest absolute Gasteiger partial charge is 0.319 e. The minimum atomic E-state index is -0.671. The third-order valence-electron chi connectivity index (χ3n) is 2.90. The van der Waals surface area contributed by atoms with Crippen LogP contribution in [0.3, 0.4) is 0 Å². The lowest BCUT2D eigenvalue weighted by Gasteiger charge is -2.24. The first-order chi connectivity index (χ1) is 7.12. The van der Waals surface area contributed by atoms with E-state index in [-0.39, 0.29) is 5.78 Å². The molecule has 0 saturated carbocycles. The van der Waals surface area contributed by atoms with E-state index in [4.69, 9.17) is 5.73 Å². The van der Waals surface area contributed by atoms with Crippen molar-refractivity contribution in [2.45, 2.75) is 38.6 Å². The molecule has 15 heavy (non-hydrogen) atoms. The highest BCUT2D eigenvalue weighted by Crippen LogP contribution is 2.15. The fourth-order valence-electron chi connectivity index (χ4n) is 1.51. The molecule has 0 unspecified atom stereocenters. The Labute approximate surface area is 90.7 Å². The van der Waals surface area contributed by atoms with Crippen LogP contribution in [-0.2, 0) is 11.2 Å². The second-order valence-corrected chi connectivity index (χ2v) is 3.82. The summed E-state index contributed by atoms with van der Waals surface area (Å²) in [6.07, 6.45) is 5.16. The first-order valence-electron chi connectivity index (χ1n) is 5.33. The van der Waals surface area contributed by atoms with Gasteiger partial charge in [0, 0.05) is 18.8 Å². The van der Waals surface area contributed by atoms with Crippen molar-refractivity contribution in [3.8, 4) is 0 Å². The highest BCUT2D eigenvalue weighted by atomic mass is 16.1. The fraction of sp³-hybridized carbons (Fsp3) is 0.500.